The van der Waals surface area contributed by atoms with Crippen LogP contribution in [0.4, 0.5) is 5.69 Å². The number of hydrogen-bond acceptors (Lipinski definition) is 3. The molecule has 102 valence electrons. The van der Waals surface area contributed by atoms with Crippen LogP contribution in [0.2, 0.25) is 0 Å². The molecule has 1 aromatic heterocycles. The Morgan fingerprint density at radius 3 is 2.16 bits per heavy atom. The fourth-order valence-corrected chi connectivity index (χ4v) is 3.47. The van der Waals surface area contributed by atoms with Gasteiger partial charge < -0.3 is 0 Å². The van der Waals surface area contributed by atoms with Crippen molar-refractivity contribution in [2.24, 2.45) is 7.05 Å². The topological polar surface area (TPSA) is 64.0 Å². The Balaban J connectivity index is 2.40. The third-order valence-corrected chi connectivity index (χ3v) is 4.65. The van der Waals surface area contributed by atoms with Crippen LogP contribution in [0.5, 0.6) is 0 Å². The van der Waals surface area contributed by atoms with E-state index < -0.39 is 10.0 Å². The van der Waals surface area contributed by atoms with Crippen LogP contribution < -0.4 is 4.72 Å². The highest BCUT2D eigenvalue weighted by Crippen LogP contribution is 2.22. The summed E-state index contributed by atoms with van der Waals surface area (Å²) in [6.07, 6.45) is 0. The van der Waals surface area contributed by atoms with Crippen LogP contribution >= 0.6 is 0 Å². The van der Waals surface area contributed by atoms with Gasteiger partial charge in [0.25, 0.3) is 10.0 Å². The molecule has 6 heteroatoms. The molecular formula is C13H17N3O2S. The first kappa shape index (κ1) is 13.6. The SMILES string of the molecule is Cc1ccc(NS(=O)(=O)c2c(C)nn(C)c2C)cc1. The first-order valence-electron chi connectivity index (χ1n) is 5.91. The largest absolute Gasteiger partial charge is 0.280 e. The van der Waals surface area contributed by atoms with Gasteiger partial charge in [-0.05, 0) is 32.9 Å². The van der Waals surface area contributed by atoms with Crippen molar-refractivity contribution in [3.05, 3.63) is 41.2 Å². The third-order valence-electron chi connectivity index (χ3n) is 3.02. The second-order valence-electron chi connectivity index (χ2n) is 4.60. The van der Waals surface area contributed by atoms with Gasteiger partial charge in [0.15, 0.2) is 0 Å². The van der Waals surface area contributed by atoms with Crippen molar-refractivity contribution >= 4 is 15.7 Å². The molecule has 19 heavy (non-hydrogen) atoms. The van der Waals surface area contributed by atoms with Crippen LogP contribution in [0, 0.1) is 20.8 Å². The fraction of sp³-hybridized carbons (Fsp3) is 0.308. The molecule has 1 heterocycles. The molecule has 1 N–H and O–H groups in total. The molecule has 0 amide bonds. The predicted molar refractivity (Wildman–Crippen MR) is 74.7 cm³/mol. The summed E-state index contributed by atoms with van der Waals surface area (Å²) in [5, 5.41) is 4.13. The molecule has 0 radical (unpaired) electrons. The molecule has 0 fully saturated rings. The average Bonchev–Trinajstić information content (AvgIpc) is 2.56. The first-order valence-corrected chi connectivity index (χ1v) is 7.39. The van der Waals surface area contributed by atoms with Crippen molar-refractivity contribution in [2.75, 3.05) is 4.72 Å². The molecule has 0 saturated heterocycles. The normalized spacial score (nSPS) is 11.6. The van der Waals surface area contributed by atoms with Crippen LogP contribution in [0.1, 0.15) is 17.0 Å². The molecule has 2 aromatic rings. The lowest BCUT2D eigenvalue weighted by Crippen LogP contribution is -2.14. The van der Waals surface area contributed by atoms with E-state index in [1.807, 2.05) is 19.1 Å². The summed E-state index contributed by atoms with van der Waals surface area (Å²) in [6, 6.07) is 7.21. The molecule has 0 aliphatic rings. The Morgan fingerprint density at radius 2 is 1.68 bits per heavy atom. The van der Waals surface area contributed by atoms with Gasteiger partial charge in [-0.25, -0.2) is 8.42 Å². The second-order valence-corrected chi connectivity index (χ2v) is 6.21. The van der Waals surface area contributed by atoms with E-state index in [0.717, 1.165) is 5.56 Å². The van der Waals surface area contributed by atoms with Gasteiger partial charge >= 0.3 is 0 Å². The molecule has 2 rings (SSSR count). The Bertz CT molecular complexity index is 700. The van der Waals surface area contributed by atoms with E-state index in [9.17, 15) is 8.42 Å². The zero-order chi connectivity index (χ0) is 14.2. The molecule has 5 nitrogen and oxygen atoms in total. The Kier molecular flexibility index (Phi) is 3.36. The highest BCUT2D eigenvalue weighted by Gasteiger charge is 2.23. The van der Waals surface area contributed by atoms with Crippen LogP contribution in [0.3, 0.4) is 0 Å². The summed E-state index contributed by atoms with van der Waals surface area (Å²) >= 11 is 0. The first-order chi connectivity index (χ1) is 8.81. The third kappa shape index (κ3) is 2.63. The Labute approximate surface area is 113 Å². The molecule has 0 spiro atoms. The number of aromatic nitrogens is 2. The Hall–Kier alpha value is -1.82. The highest BCUT2D eigenvalue weighted by molar-refractivity contribution is 7.92. The predicted octanol–water partition coefficient (Wildman–Crippen LogP) is 2.15. The van der Waals surface area contributed by atoms with Crippen molar-refractivity contribution < 1.29 is 8.42 Å². The van der Waals surface area contributed by atoms with E-state index in [4.69, 9.17) is 0 Å². The van der Waals surface area contributed by atoms with Crippen molar-refractivity contribution in [2.45, 2.75) is 25.7 Å². The van der Waals surface area contributed by atoms with E-state index in [-0.39, 0.29) is 4.90 Å². The summed E-state index contributed by atoms with van der Waals surface area (Å²) in [7, 11) is -1.87. The number of aryl methyl sites for hydroxylation is 3. The van der Waals surface area contributed by atoms with E-state index in [1.165, 1.54) is 0 Å². The van der Waals surface area contributed by atoms with Gasteiger partial charge in [0.2, 0.25) is 0 Å². The summed E-state index contributed by atoms with van der Waals surface area (Å²) in [5.74, 6) is 0. The standard InChI is InChI=1S/C13H17N3O2S/c1-9-5-7-12(8-6-9)15-19(17,18)13-10(2)14-16(4)11(13)3/h5-8,15H,1-4H3. The summed E-state index contributed by atoms with van der Waals surface area (Å²) in [6.45, 7) is 5.38. The lowest BCUT2D eigenvalue weighted by atomic mass is 10.2. The number of sulfonamides is 1. The minimum absolute atomic E-state index is 0.246. The zero-order valence-corrected chi connectivity index (χ0v) is 12.2. The lowest BCUT2D eigenvalue weighted by Gasteiger charge is -2.08. The van der Waals surface area contributed by atoms with Gasteiger partial charge in [-0.3, -0.25) is 9.40 Å². The molecule has 0 saturated carbocycles. The number of nitrogens with one attached hydrogen (secondary N) is 1. The molecule has 0 aliphatic carbocycles. The minimum Gasteiger partial charge on any atom is -0.280 e. The molecule has 0 aliphatic heterocycles. The van der Waals surface area contributed by atoms with Crippen LogP contribution in [-0.2, 0) is 17.1 Å². The summed E-state index contributed by atoms with van der Waals surface area (Å²) in [5.41, 5.74) is 2.75. The molecule has 0 atom stereocenters. The number of benzene rings is 1. The maximum Gasteiger partial charge on any atom is 0.265 e. The molecule has 1 aromatic carbocycles. The van der Waals surface area contributed by atoms with E-state index >= 15 is 0 Å². The van der Waals surface area contributed by atoms with E-state index in [0.29, 0.717) is 17.1 Å². The van der Waals surface area contributed by atoms with Crippen LogP contribution in [-0.4, -0.2) is 18.2 Å². The number of rotatable bonds is 3. The molecule has 0 unspecified atom stereocenters. The van der Waals surface area contributed by atoms with Crippen molar-refractivity contribution in [3.63, 3.8) is 0 Å². The maximum atomic E-state index is 12.4. The fourth-order valence-electron chi connectivity index (χ4n) is 1.97. The summed E-state index contributed by atoms with van der Waals surface area (Å²) in [4.78, 5) is 0.246. The van der Waals surface area contributed by atoms with Gasteiger partial charge in [-0.15, -0.1) is 0 Å². The molecular weight excluding hydrogens is 262 g/mol. The van der Waals surface area contributed by atoms with Crippen molar-refractivity contribution in [1.29, 1.82) is 0 Å². The van der Waals surface area contributed by atoms with E-state index in [2.05, 4.69) is 9.82 Å². The van der Waals surface area contributed by atoms with E-state index in [1.54, 1.807) is 37.7 Å². The van der Waals surface area contributed by atoms with Crippen LogP contribution in [0.25, 0.3) is 0 Å². The maximum absolute atomic E-state index is 12.4. The molecule has 0 bridgehead atoms. The average molecular weight is 279 g/mol. The van der Waals surface area contributed by atoms with Gasteiger partial charge in [0.1, 0.15) is 4.90 Å². The number of hydrogen-bond donors (Lipinski definition) is 1. The Morgan fingerprint density at radius 1 is 1.11 bits per heavy atom. The minimum atomic E-state index is -3.60. The van der Waals surface area contributed by atoms with Crippen LogP contribution in [0.15, 0.2) is 29.2 Å². The summed E-state index contributed by atoms with van der Waals surface area (Å²) < 4.78 is 28.9. The number of anilines is 1. The van der Waals surface area contributed by atoms with Crippen molar-refractivity contribution in [3.8, 4) is 0 Å². The zero-order valence-electron chi connectivity index (χ0n) is 11.4. The second kappa shape index (κ2) is 4.70. The van der Waals surface area contributed by atoms with Gasteiger partial charge in [-0.2, -0.15) is 5.10 Å². The van der Waals surface area contributed by atoms with Gasteiger partial charge in [0, 0.05) is 12.7 Å². The van der Waals surface area contributed by atoms with Gasteiger partial charge in [0.05, 0.1) is 11.4 Å². The lowest BCUT2D eigenvalue weighted by molar-refractivity contribution is 0.599. The quantitative estimate of drug-likeness (QED) is 0.936. The smallest absolute Gasteiger partial charge is 0.265 e. The monoisotopic (exact) mass is 279 g/mol. The van der Waals surface area contributed by atoms with Crippen molar-refractivity contribution in [1.82, 2.24) is 9.78 Å². The number of nitrogens with zero attached hydrogens (tertiary/aromatic N) is 2. The van der Waals surface area contributed by atoms with Gasteiger partial charge in [-0.1, -0.05) is 17.7 Å². The highest BCUT2D eigenvalue weighted by atomic mass is 32.2.